The Labute approximate surface area is 471 Å². The molecule has 5 aromatic rings. The second kappa shape index (κ2) is 30.2. The quantitative estimate of drug-likeness (QED) is 0.0280. The highest BCUT2D eigenvalue weighted by Crippen LogP contribution is 2.40. The van der Waals surface area contributed by atoms with Crippen molar-refractivity contribution in [2.75, 3.05) is 120 Å². The average molecular weight is 1140 g/mol. The molecule has 0 saturated heterocycles. The first-order chi connectivity index (χ1) is 37.3. The van der Waals surface area contributed by atoms with Crippen molar-refractivity contribution in [2.45, 2.75) is 44.3 Å². The largest absolute Gasteiger partial charge is 0.378 e. The molecule has 0 radical (unpaired) electrons. The Balaban J connectivity index is 0.650. The van der Waals surface area contributed by atoms with E-state index < -0.39 is 0 Å². The third-order valence-electron chi connectivity index (χ3n) is 13.6. The first-order valence-electron chi connectivity index (χ1n) is 26.1. The summed E-state index contributed by atoms with van der Waals surface area (Å²) in [5.41, 5.74) is 7.76. The highest BCUT2D eigenvalue weighted by atomic mass is 35.5. The molecule has 0 saturated carbocycles. The molecule has 20 heteroatoms. The number of urea groups is 2. The van der Waals surface area contributed by atoms with Gasteiger partial charge in [0.15, 0.2) is 6.29 Å². The van der Waals surface area contributed by atoms with E-state index in [9.17, 15) is 19.2 Å². The molecular formula is C57H70Cl4N8O8. The molecule has 16 nitrogen and oxygen atoms in total. The number of nitrogens with one attached hydrogen (secondary N) is 4. The van der Waals surface area contributed by atoms with Crippen LogP contribution in [-0.2, 0) is 38.6 Å². The monoisotopic (exact) mass is 1130 g/mol. The Morgan fingerprint density at radius 2 is 1.16 bits per heavy atom. The number of rotatable bonds is 28. The van der Waals surface area contributed by atoms with Crippen LogP contribution in [0.4, 0.5) is 9.59 Å². The zero-order valence-corrected chi connectivity index (χ0v) is 47.0. The zero-order chi connectivity index (χ0) is 54.7. The Kier molecular flexibility index (Phi) is 23.3. The predicted molar refractivity (Wildman–Crippen MR) is 306 cm³/mol. The zero-order valence-electron chi connectivity index (χ0n) is 44.0. The summed E-state index contributed by atoms with van der Waals surface area (Å²) >= 11 is 25.9. The van der Waals surface area contributed by atoms with Crippen LogP contribution in [0.3, 0.4) is 0 Å². The summed E-state index contributed by atoms with van der Waals surface area (Å²) < 4.78 is 24.3. The fourth-order valence-corrected chi connectivity index (χ4v) is 10.7. The summed E-state index contributed by atoms with van der Waals surface area (Å²) in [5, 5.41) is 15.2. The molecule has 77 heavy (non-hydrogen) atoms. The number of aromatic nitrogens is 1. The first-order valence-corrected chi connectivity index (χ1v) is 27.6. The fraction of sp³-hybridized carbons (Fsp3) is 0.439. The summed E-state index contributed by atoms with van der Waals surface area (Å²) in [7, 11) is 6.07. The molecule has 4 amide bonds. The van der Waals surface area contributed by atoms with Crippen LogP contribution in [0.2, 0.25) is 20.1 Å². The van der Waals surface area contributed by atoms with Crippen molar-refractivity contribution in [3.8, 4) is 0 Å². The average Bonchev–Trinajstić information content (AvgIpc) is 3.42. The van der Waals surface area contributed by atoms with E-state index in [1.807, 2.05) is 66.7 Å². The van der Waals surface area contributed by atoms with E-state index in [2.05, 4.69) is 57.3 Å². The number of pyridine rings is 1. The van der Waals surface area contributed by atoms with E-state index >= 15 is 0 Å². The number of ether oxygens (including phenoxy) is 4. The smallest absolute Gasteiger partial charge is 0.314 e. The van der Waals surface area contributed by atoms with E-state index in [0.717, 1.165) is 76.8 Å². The van der Waals surface area contributed by atoms with Gasteiger partial charge in [0.25, 0.3) is 5.56 Å². The molecule has 2 aliphatic heterocycles. The topological polar surface area (TPSA) is 168 Å². The van der Waals surface area contributed by atoms with E-state index in [1.165, 1.54) is 0 Å². The highest BCUT2D eigenvalue weighted by Gasteiger charge is 2.29. The van der Waals surface area contributed by atoms with E-state index in [-0.39, 0.29) is 29.5 Å². The van der Waals surface area contributed by atoms with Crippen molar-refractivity contribution in [1.82, 2.24) is 40.5 Å². The number of nitrogens with zero attached hydrogens (tertiary/aromatic N) is 4. The van der Waals surface area contributed by atoms with Crippen LogP contribution >= 0.6 is 46.4 Å². The molecule has 0 fully saturated rings. The molecule has 4 aromatic carbocycles. The van der Waals surface area contributed by atoms with Gasteiger partial charge in [-0.1, -0.05) is 70.7 Å². The second-order valence-electron chi connectivity index (χ2n) is 19.4. The normalized spacial score (nSPS) is 15.6. The molecular weight excluding hydrogens is 1070 g/mol. The molecule has 4 N–H and O–H groups in total. The maximum absolute atomic E-state index is 13.5. The molecule has 2 atom stereocenters. The van der Waals surface area contributed by atoms with Gasteiger partial charge in [0.05, 0.1) is 52.9 Å². The van der Waals surface area contributed by atoms with Crippen molar-refractivity contribution in [2.24, 2.45) is 0 Å². The van der Waals surface area contributed by atoms with Crippen molar-refractivity contribution in [3.05, 3.63) is 154 Å². The Bertz CT molecular complexity index is 2890. The van der Waals surface area contributed by atoms with Gasteiger partial charge in [-0.05, 0) is 126 Å². The van der Waals surface area contributed by atoms with Crippen LogP contribution in [-0.4, -0.2) is 157 Å². The summed E-state index contributed by atoms with van der Waals surface area (Å²) in [6.45, 7) is 8.75. The van der Waals surface area contributed by atoms with Crippen molar-refractivity contribution in [1.29, 1.82) is 0 Å². The number of benzene rings is 4. The van der Waals surface area contributed by atoms with Gasteiger partial charge in [0, 0.05) is 122 Å². The van der Waals surface area contributed by atoms with Crippen LogP contribution in [0.1, 0.15) is 74.0 Å². The van der Waals surface area contributed by atoms with Gasteiger partial charge in [-0.3, -0.25) is 9.59 Å². The fourth-order valence-electron chi connectivity index (χ4n) is 9.56. The summed E-state index contributed by atoms with van der Waals surface area (Å²) in [6, 6.07) is 21.0. The molecule has 0 spiro atoms. The van der Waals surface area contributed by atoms with Crippen LogP contribution in [0.25, 0.3) is 16.8 Å². The first kappa shape index (κ1) is 59.4. The van der Waals surface area contributed by atoms with Gasteiger partial charge < -0.3 is 59.5 Å². The summed E-state index contributed by atoms with van der Waals surface area (Å²) in [4.78, 5) is 56.5. The number of hydrogen-bond donors (Lipinski definition) is 4. The van der Waals surface area contributed by atoms with Gasteiger partial charge in [-0.2, -0.15) is 0 Å². The number of fused-ring (bicyclic) bond motifs is 3. The van der Waals surface area contributed by atoms with E-state index in [4.69, 9.17) is 65.4 Å². The molecule has 1 aromatic heterocycles. The number of amides is 4. The van der Waals surface area contributed by atoms with Crippen molar-refractivity contribution in [3.63, 3.8) is 0 Å². The van der Waals surface area contributed by atoms with Crippen LogP contribution in [0.15, 0.2) is 83.9 Å². The summed E-state index contributed by atoms with van der Waals surface area (Å²) in [6.07, 6.45) is 7.93. The Morgan fingerprint density at radius 3 is 1.73 bits per heavy atom. The number of halogens is 4. The third-order valence-corrected chi connectivity index (χ3v) is 14.7. The molecule has 414 valence electrons. The molecule has 0 bridgehead atoms. The SMILES string of the molecule is CN(/C=C\c1ccc(C2CN(C)Cc3c(Cl)cc(Cl)cc32)cc1C=O)CCOCCOCCNC(=O)NCCCCNC(=O)NCCOCCOCCn1ccc2ccc(C3CN(C)Cc4c(Cl)cc(Cl)cc43)cc2c1=O. The number of carbonyl (C=O) groups excluding carboxylic acids is 3. The minimum Gasteiger partial charge on any atom is -0.378 e. The van der Waals surface area contributed by atoms with Crippen molar-refractivity contribution < 1.29 is 33.3 Å². The van der Waals surface area contributed by atoms with E-state index in [1.54, 1.807) is 22.9 Å². The number of aldehydes is 1. The van der Waals surface area contributed by atoms with Gasteiger partial charge in [0.1, 0.15) is 0 Å². The second-order valence-corrected chi connectivity index (χ2v) is 21.1. The molecule has 2 unspecified atom stereocenters. The van der Waals surface area contributed by atoms with Crippen LogP contribution in [0.5, 0.6) is 0 Å². The number of likely N-dealkylation sites (N-methyl/N-ethyl adjacent to an activating group) is 3. The Hall–Kier alpha value is -5.24. The van der Waals surface area contributed by atoms with Crippen LogP contribution in [0, 0.1) is 0 Å². The Morgan fingerprint density at radius 1 is 0.636 bits per heavy atom. The highest BCUT2D eigenvalue weighted by molar-refractivity contribution is 6.35. The van der Waals surface area contributed by atoms with E-state index in [0.29, 0.717) is 136 Å². The lowest BCUT2D eigenvalue weighted by molar-refractivity contribution is 0.0455. The minimum absolute atomic E-state index is 0.0318. The standard InChI is InChI=1S/C57H70Cl4N8O8/c1-66(16-10-39-6-8-41(28-43(39)38-70)49-34-67(2)36-51-47(49)30-44(58)32-53(51)60)18-22-76-26-24-74-20-14-64-56(72)62-12-4-5-13-63-57(73)65-15-21-75-25-27-77-23-19-69-17-11-40-7-9-42(29-46(40)55(69)71)50-35-68(3)37-52-48(50)31-45(59)33-54(52)61/h6-11,16-17,28-33,38,49-50H,4-5,12-15,18-27,34-37H2,1-3H3,(H2,62,64,72)(H2,63,65,73)/b16-10-. The maximum Gasteiger partial charge on any atom is 0.314 e. The molecule has 3 heterocycles. The lowest BCUT2D eigenvalue weighted by Crippen LogP contribution is -2.39. The molecule has 7 rings (SSSR count). The minimum atomic E-state index is -0.291. The third kappa shape index (κ3) is 17.6. The summed E-state index contributed by atoms with van der Waals surface area (Å²) in [5.74, 6) is 0.0768. The predicted octanol–water partition coefficient (Wildman–Crippen LogP) is 8.63. The molecule has 0 aliphatic carbocycles. The van der Waals surface area contributed by atoms with Crippen LogP contribution < -0.4 is 26.8 Å². The van der Waals surface area contributed by atoms with Gasteiger partial charge in [-0.15, -0.1) is 0 Å². The number of carbonyl (C=O) groups is 3. The maximum atomic E-state index is 13.5. The lowest BCUT2D eigenvalue weighted by atomic mass is 9.83. The molecule has 2 aliphatic rings. The number of unbranched alkanes of at least 4 members (excludes halogenated alkanes) is 1. The number of hydrogen-bond acceptors (Lipinski definition) is 11. The lowest BCUT2D eigenvalue weighted by Gasteiger charge is -2.33. The van der Waals surface area contributed by atoms with Crippen molar-refractivity contribution >= 4 is 81.6 Å². The van der Waals surface area contributed by atoms with Gasteiger partial charge >= 0.3 is 12.1 Å². The van der Waals surface area contributed by atoms with Gasteiger partial charge in [-0.25, -0.2) is 9.59 Å². The van der Waals surface area contributed by atoms with Gasteiger partial charge in [0.2, 0.25) is 0 Å².